The Hall–Kier alpha value is 0.01000. The number of thiophene rings is 1. The van der Waals surface area contributed by atoms with Crippen LogP contribution < -0.4 is 10.0 Å². The number of hydrogen-bond acceptors (Lipinski definition) is 4. The Morgan fingerprint density at radius 1 is 1.43 bits per heavy atom. The Morgan fingerprint density at radius 2 is 2.24 bits per heavy atom. The molecule has 2 N–H and O–H groups in total. The minimum absolute atomic E-state index is 0.0668. The summed E-state index contributed by atoms with van der Waals surface area (Å²) in [4.78, 5) is 1.18. The van der Waals surface area contributed by atoms with Gasteiger partial charge in [-0.25, -0.2) is 4.72 Å². The third-order valence-corrected chi connectivity index (χ3v) is 6.96. The second-order valence-electron chi connectivity index (χ2n) is 5.17. The minimum Gasteiger partial charge on any atom is -0.318 e. The van der Waals surface area contributed by atoms with Crippen molar-refractivity contribution in [2.24, 2.45) is 0 Å². The normalized spacial score (nSPS) is 20.8. The summed E-state index contributed by atoms with van der Waals surface area (Å²) in [6, 6.07) is 4.08. The maximum atomic E-state index is 12.4. The van der Waals surface area contributed by atoms with Gasteiger partial charge in [-0.05, 0) is 54.4 Å². The van der Waals surface area contributed by atoms with Crippen LogP contribution in [0.5, 0.6) is 0 Å². The lowest BCUT2D eigenvalue weighted by Crippen LogP contribution is -2.52. The van der Waals surface area contributed by atoms with E-state index in [9.17, 15) is 8.42 Å². The zero-order valence-electron chi connectivity index (χ0n) is 12.1. The Balaban J connectivity index is 1.90. The van der Waals surface area contributed by atoms with Crippen LogP contribution in [-0.4, -0.2) is 45.4 Å². The molecule has 1 atom stereocenters. The van der Waals surface area contributed by atoms with E-state index in [4.69, 9.17) is 0 Å². The van der Waals surface area contributed by atoms with Gasteiger partial charge < -0.3 is 5.32 Å². The maximum Gasteiger partial charge on any atom is 0.279 e. The fourth-order valence-electron chi connectivity index (χ4n) is 2.60. The highest BCUT2D eigenvalue weighted by Crippen LogP contribution is 2.22. The molecule has 1 fully saturated rings. The minimum atomic E-state index is -3.38. The molecule has 1 aromatic rings. The van der Waals surface area contributed by atoms with Gasteiger partial charge in [0, 0.05) is 30.6 Å². The Morgan fingerprint density at radius 3 is 2.90 bits per heavy atom. The van der Waals surface area contributed by atoms with E-state index < -0.39 is 10.2 Å². The van der Waals surface area contributed by atoms with Gasteiger partial charge in [-0.1, -0.05) is 6.42 Å². The molecule has 2 rings (SSSR count). The van der Waals surface area contributed by atoms with Gasteiger partial charge in [0.05, 0.1) is 3.79 Å². The molecule has 120 valence electrons. The molecule has 1 unspecified atom stereocenters. The molecular weight excluding hydrogens is 374 g/mol. The van der Waals surface area contributed by atoms with Crippen molar-refractivity contribution in [1.29, 1.82) is 0 Å². The first-order valence-corrected chi connectivity index (χ1v) is 10.2. The highest BCUT2D eigenvalue weighted by molar-refractivity contribution is 9.11. The predicted molar refractivity (Wildman–Crippen MR) is 90.9 cm³/mol. The molecule has 8 heteroatoms. The summed E-state index contributed by atoms with van der Waals surface area (Å²) >= 11 is 5.06. The van der Waals surface area contributed by atoms with E-state index in [1.165, 1.54) is 4.88 Å². The van der Waals surface area contributed by atoms with Crippen LogP contribution in [0.15, 0.2) is 15.9 Å². The Labute approximate surface area is 139 Å². The molecule has 5 nitrogen and oxygen atoms in total. The third kappa shape index (κ3) is 5.01. The molecule has 0 radical (unpaired) electrons. The lowest BCUT2D eigenvalue weighted by atomic mass is 10.1. The molecule has 1 saturated heterocycles. The monoisotopic (exact) mass is 395 g/mol. The summed E-state index contributed by atoms with van der Waals surface area (Å²) in [6.45, 7) is 1.77. The van der Waals surface area contributed by atoms with E-state index in [1.54, 1.807) is 15.6 Å². The number of nitrogens with zero attached hydrogens (tertiary/aromatic N) is 1. The van der Waals surface area contributed by atoms with Crippen LogP contribution in [-0.2, 0) is 16.6 Å². The Kier molecular flexibility index (Phi) is 6.64. The van der Waals surface area contributed by atoms with Crippen molar-refractivity contribution in [3.05, 3.63) is 20.8 Å². The van der Waals surface area contributed by atoms with Crippen LogP contribution in [0.1, 0.15) is 24.1 Å². The molecule has 0 spiro atoms. The van der Waals surface area contributed by atoms with Crippen molar-refractivity contribution in [2.45, 2.75) is 31.7 Å². The first-order chi connectivity index (χ1) is 10.0. The van der Waals surface area contributed by atoms with Gasteiger partial charge in [-0.15, -0.1) is 11.3 Å². The summed E-state index contributed by atoms with van der Waals surface area (Å²) in [6.07, 6.45) is 3.69. The molecule has 2 heterocycles. The van der Waals surface area contributed by atoms with E-state index in [-0.39, 0.29) is 6.04 Å². The average molecular weight is 396 g/mol. The second-order valence-corrected chi connectivity index (χ2v) is 9.43. The molecule has 21 heavy (non-hydrogen) atoms. The molecule has 0 aromatic carbocycles. The van der Waals surface area contributed by atoms with Crippen LogP contribution in [0.3, 0.4) is 0 Å². The first-order valence-electron chi connectivity index (χ1n) is 7.18. The number of hydrogen-bond donors (Lipinski definition) is 2. The van der Waals surface area contributed by atoms with Crippen molar-refractivity contribution in [1.82, 2.24) is 14.3 Å². The van der Waals surface area contributed by atoms with Gasteiger partial charge in [0.25, 0.3) is 10.2 Å². The highest BCUT2D eigenvalue weighted by atomic mass is 79.9. The van der Waals surface area contributed by atoms with Gasteiger partial charge in [0.2, 0.25) is 0 Å². The largest absolute Gasteiger partial charge is 0.318 e. The van der Waals surface area contributed by atoms with Crippen molar-refractivity contribution >= 4 is 37.5 Å². The maximum absolute atomic E-state index is 12.4. The predicted octanol–water partition coefficient (Wildman–Crippen LogP) is 1.96. The zero-order chi connectivity index (χ0) is 15.3. The quantitative estimate of drug-likeness (QED) is 0.741. The average Bonchev–Trinajstić information content (AvgIpc) is 2.85. The number of nitrogens with one attached hydrogen (secondary N) is 2. The molecular formula is C13H22BrN3O2S2. The zero-order valence-corrected chi connectivity index (χ0v) is 15.4. The van der Waals surface area contributed by atoms with Gasteiger partial charge in [0.1, 0.15) is 0 Å². The summed E-state index contributed by atoms with van der Waals surface area (Å²) in [5.74, 6) is 0. The van der Waals surface area contributed by atoms with Gasteiger partial charge in [-0.3, -0.25) is 0 Å². The fourth-order valence-corrected chi connectivity index (χ4v) is 5.55. The van der Waals surface area contributed by atoms with Crippen molar-refractivity contribution in [2.75, 3.05) is 26.7 Å². The molecule has 1 aliphatic heterocycles. The molecule has 1 aromatic heterocycles. The lowest BCUT2D eigenvalue weighted by molar-refractivity contribution is 0.246. The number of piperidine rings is 1. The smallest absolute Gasteiger partial charge is 0.279 e. The number of halogens is 1. The van der Waals surface area contributed by atoms with Gasteiger partial charge >= 0.3 is 0 Å². The van der Waals surface area contributed by atoms with Gasteiger partial charge in [-0.2, -0.15) is 12.7 Å². The van der Waals surface area contributed by atoms with Gasteiger partial charge in [0.15, 0.2) is 0 Å². The molecule has 1 aliphatic rings. The van der Waals surface area contributed by atoms with E-state index in [0.717, 1.165) is 29.5 Å². The third-order valence-electron chi connectivity index (χ3n) is 3.61. The SMILES string of the molecule is CNCC1CCCCN1S(=O)(=O)NCCc1ccc(Br)s1. The van der Waals surface area contributed by atoms with Crippen LogP contribution in [0.2, 0.25) is 0 Å². The van der Waals surface area contributed by atoms with Crippen molar-refractivity contribution in [3.8, 4) is 0 Å². The van der Waals surface area contributed by atoms with E-state index in [1.807, 2.05) is 19.2 Å². The standard InChI is InChI=1S/C13H22BrN3O2S2/c1-15-10-11-4-2-3-9-17(11)21(18,19)16-8-7-12-5-6-13(14)20-12/h5-6,11,15-16H,2-4,7-10H2,1H3. The number of likely N-dealkylation sites (N-methyl/N-ethyl adjacent to an activating group) is 1. The highest BCUT2D eigenvalue weighted by Gasteiger charge is 2.31. The van der Waals surface area contributed by atoms with E-state index >= 15 is 0 Å². The van der Waals surface area contributed by atoms with E-state index in [0.29, 0.717) is 19.6 Å². The fraction of sp³-hybridized carbons (Fsp3) is 0.692. The molecule has 0 bridgehead atoms. The summed E-state index contributed by atoms with van der Waals surface area (Å²) in [5, 5.41) is 3.09. The van der Waals surface area contributed by atoms with Crippen LogP contribution in [0, 0.1) is 0 Å². The van der Waals surface area contributed by atoms with Crippen molar-refractivity contribution < 1.29 is 8.42 Å². The topological polar surface area (TPSA) is 61.4 Å². The van der Waals surface area contributed by atoms with Crippen LogP contribution in [0.4, 0.5) is 0 Å². The summed E-state index contributed by atoms with van der Waals surface area (Å²) in [7, 11) is -1.52. The van der Waals surface area contributed by atoms with E-state index in [2.05, 4.69) is 26.0 Å². The first kappa shape index (κ1) is 17.4. The van der Waals surface area contributed by atoms with Crippen LogP contribution in [0.25, 0.3) is 0 Å². The molecule has 0 amide bonds. The van der Waals surface area contributed by atoms with Crippen LogP contribution >= 0.6 is 27.3 Å². The molecule has 0 saturated carbocycles. The van der Waals surface area contributed by atoms with Crippen molar-refractivity contribution in [3.63, 3.8) is 0 Å². The Bertz CT molecular complexity index is 545. The molecule has 0 aliphatic carbocycles. The summed E-state index contributed by atoms with van der Waals surface area (Å²) < 4.78 is 30.3. The lowest BCUT2D eigenvalue weighted by Gasteiger charge is -2.34. The second kappa shape index (κ2) is 8.03. The summed E-state index contributed by atoms with van der Waals surface area (Å²) in [5.41, 5.74) is 0. The number of rotatable bonds is 7.